The van der Waals surface area contributed by atoms with E-state index in [1.54, 1.807) is 0 Å². The normalized spacial score (nSPS) is 10.3. The van der Waals surface area contributed by atoms with Crippen LogP contribution in [0.25, 0.3) is 11.1 Å². The van der Waals surface area contributed by atoms with Gasteiger partial charge < -0.3 is 4.74 Å². The first-order valence-corrected chi connectivity index (χ1v) is 7.07. The molecule has 0 heterocycles. The summed E-state index contributed by atoms with van der Waals surface area (Å²) in [6.45, 7) is 2.97. The predicted octanol–water partition coefficient (Wildman–Crippen LogP) is 5.30. The first-order valence-electron chi connectivity index (χ1n) is 6.28. The number of rotatable bonds is 5. The van der Waals surface area contributed by atoms with E-state index in [-0.39, 0.29) is 0 Å². The lowest BCUT2D eigenvalue weighted by Crippen LogP contribution is -1.95. The number of hydrogen-bond donors (Lipinski definition) is 0. The summed E-state index contributed by atoms with van der Waals surface area (Å²) in [4.78, 5) is 0. The lowest BCUT2D eigenvalue weighted by Gasteiger charge is -2.07. The molecule has 0 spiro atoms. The Kier molecular flexibility index (Phi) is 4.82. The summed E-state index contributed by atoms with van der Waals surface area (Å²) in [5.74, 6) is 0.948. The molecule has 2 aromatic rings. The molecule has 0 aliphatic carbocycles. The van der Waals surface area contributed by atoms with E-state index in [1.165, 1.54) is 11.1 Å². The van der Waals surface area contributed by atoms with Gasteiger partial charge in [-0.1, -0.05) is 53.5 Å². The number of hydrogen-bond acceptors (Lipinski definition) is 1. The molecule has 0 aliphatic rings. The number of ether oxygens (including phenoxy) is 1. The molecule has 0 fully saturated rings. The van der Waals surface area contributed by atoms with Crippen LogP contribution in [0.5, 0.6) is 5.75 Å². The molecule has 0 unspecified atom stereocenters. The van der Waals surface area contributed by atoms with E-state index in [4.69, 9.17) is 4.74 Å². The molecule has 0 radical (unpaired) electrons. The molecule has 2 aromatic carbocycles. The molecule has 0 atom stereocenters. The molecule has 1 nitrogen and oxygen atoms in total. The van der Waals surface area contributed by atoms with Gasteiger partial charge in [0.15, 0.2) is 0 Å². The van der Waals surface area contributed by atoms with Crippen LogP contribution in [0.3, 0.4) is 0 Å². The first-order chi connectivity index (χ1) is 8.79. The van der Waals surface area contributed by atoms with Crippen molar-refractivity contribution in [2.75, 3.05) is 6.61 Å². The maximum atomic E-state index is 5.65. The van der Waals surface area contributed by atoms with Crippen molar-refractivity contribution in [1.29, 1.82) is 0 Å². The highest BCUT2D eigenvalue weighted by Crippen LogP contribution is 2.24. The second kappa shape index (κ2) is 6.60. The average molecular weight is 305 g/mol. The molecule has 0 amide bonds. The highest BCUT2D eigenvalue weighted by atomic mass is 79.9. The van der Waals surface area contributed by atoms with Gasteiger partial charge in [-0.25, -0.2) is 0 Å². The molecule has 0 N–H and O–H groups in total. The maximum Gasteiger partial charge on any atom is 0.119 e. The molecule has 2 rings (SSSR count). The van der Waals surface area contributed by atoms with Gasteiger partial charge in [-0.2, -0.15) is 0 Å². The third kappa shape index (κ3) is 3.61. The molecule has 18 heavy (non-hydrogen) atoms. The molecule has 0 saturated heterocycles. The zero-order chi connectivity index (χ0) is 12.8. The summed E-state index contributed by atoms with van der Waals surface area (Å²) in [5.41, 5.74) is 2.43. The van der Waals surface area contributed by atoms with Crippen molar-refractivity contribution >= 4 is 15.9 Å². The minimum absolute atomic E-state index is 0.800. The van der Waals surface area contributed by atoms with Crippen molar-refractivity contribution in [3.63, 3.8) is 0 Å². The summed E-state index contributed by atoms with van der Waals surface area (Å²) >= 11 is 3.44. The highest BCUT2D eigenvalue weighted by Gasteiger charge is 1.98. The Balaban J connectivity index is 2.05. The number of unbranched alkanes of at least 4 members (excludes halogenated alkanes) is 1. The lowest BCUT2D eigenvalue weighted by atomic mass is 10.1. The Labute approximate surface area is 117 Å². The molecule has 0 bridgehead atoms. The second-order valence-electron chi connectivity index (χ2n) is 4.23. The molecule has 0 aromatic heterocycles. The maximum absolute atomic E-state index is 5.65. The van der Waals surface area contributed by atoms with Gasteiger partial charge in [0.2, 0.25) is 0 Å². The fraction of sp³-hybridized carbons (Fsp3) is 0.250. The van der Waals surface area contributed by atoms with E-state index in [0.29, 0.717) is 0 Å². The van der Waals surface area contributed by atoms with Crippen molar-refractivity contribution in [1.82, 2.24) is 0 Å². The van der Waals surface area contributed by atoms with Crippen molar-refractivity contribution in [2.45, 2.75) is 19.8 Å². The Bertz CT molecular complexity index is 473. The van der Waals surface area contributed by atoms with Gasteiger partial charge in [0.25, 0.3) is 0 Å². The van der Waals surface area contributed by atoms with E-state index in [9.17, 15) is 0 Å². The van der Waals surface area contributed by atoms with E-state index in [1.807, 2.05) is 12.1 Å². The third-order valence-electron chi connectivity index (χ3n) is 2.80. The van der Waals surface area contributed by atoms with Crippen LogP contribution < -0.4 is 4.74 Å². The van der Waals surface area contributed by atoms with E-state index in [2.05, 4.69) is 59.3 Å². The lowest BCUT2D eigenvalue weighted by molar-refractivity contribution is 0.309. The fourth-order valence-corrected chi connectivity index (χ4v) is 1.98. The van der Waals surface area contributed by atoms with Gasteiger partial charge in [-0.05, 0) is 41.8 Å². The Morgan fingerprint density at radius 1 is 0.889 bits per heavy atom. The van der Waals surface area contributed by atoms with Crippen LogP contribution in [-0.4, -0.2) is 6.61 Å². The predicted molar refractivity (Wildman–Crippen MR) is 80.0 cm³/mol. The summed E-state index contributed by atoms with van der Waals surface area (Å²) in [6.07, 6.45) is 2.27. The van der Waals surface area contributed by atoms with Crippen LogP contribution in [0, 0.1) is 0 Å². The van der Waals surface area contributed by atoms with Crippen molar-refractivity contribution in [3.8, 4) is 16.9 Å². The molecular weight excluding hydrogens is 288 g/mol. The van der Waals surface area contributed by atoms with Crippen molar-refractivity contribution in [2.24, 2.45) is 0 Å². The van der Waals surface area contributed by atoms with Gasteiger partial charge in [-0.3, -0.25) is 0 Å². The van der Waals surface area contributed by atoms with Crippen LogP contribution in [0.4, 0.5) is 0 Å². The highest BCUT2D eigenvalue weighted by molar-refractivity contribution is 9.10. The second-order valence-corrected chi connectivity index (χ2v) is 5.15. The zero-order valence-corrected chi connectivity index (χ0v) is 12.1. The largest absolute Gasteiger partial charge is 0.494 e. The van der Waals surface area contributed by atoms with Gasteiger partial charge in [0.1, 0.15) is 5.75 Å². The quantitative estimate of drug-likeness (QED) is 0.682. The average Bonchev–Trinajstić information content (AvgIpc) is 2.41. The van der Waals surface area contributed by atoms with Crippen molar-refractivity contribution in [3.05, 3.63) is 53.0 Å². The minimum atomic E-state index is 0.800. The monoisotopic (exact) mass is 304 g/mol. The van der Waals surface area contributed by atoms with Crippen LogP contribution in [0.1, 0.15) is 19.8 Å². The molecule has 2 heteroatoms. The van der Waals surface area contributed by atoms with Crippen LogP contribution in [0.2, 0.25) is 0 Å². The summed E-state index contributed by atoms with van der Waals surface area (Å²) in [7, 11) is 0. The molecule has 0 saturated carbocycles. The fourth-order valence-electron chi connectivity index (χ4n) is 1.72. The third-order valence-corrected chi connectivity index (χ3v) is 3.33. The van der Waals surface area contributed by atoms with Crippen LogP contribution in [0.15, 0.2) is 53.0 Å². The summed E-state index contributed by atoms with van der Waals surface area (Å²) in [6, 6.07) is 16.6. The molecular formula is C16H17BrO. The molecule has 0 aliphatic heterocycles. The summed E-state index contributed by atoms with van der Waals surface area (Å²) < 4.78 is 6.75. The van der Waals surface area contributed by atoms with Gasteiger partial charge in [-0.15, -0.1) is 0 Å². The molecule has 94 valence electrons. The van der Waals surface area contributed by atoms with Gasteiger partial charge >= 0.3 is 0 Å². The van der Waals surface area contributed by atoms with E-state index < -0.39 is 0 Å². The van der Waals surface area contributed by atoms with Crippen molar-refractivity contribution < 1.29 is 4.74 Å². The van der Waals surface area contributed by atoms with Gasteiger partial charge in [0.05, 0.1) is 6.61 Å². The Hall–Kier alpha value is -1.28. The zero-order valence-electron chi connectivity index (χ0n) is 10.5. The summed E-state index contributed by atoms with van der Waals surface area (Å²) in [5, 5.41) is 0. The van der Waals surface area contributed by atoms with E-state index in [0.717, 1.165) is 29.7 Å². The topological polar surface area (TPSA) is 9.23 Å². The Morgan fingerprint density at radius 3 is 2.00 bits per heavy atom. The minimum Gasteiger partial charge on any atom is -0.494 e. The number of halogens is 1. The SMILES string of the molecule is CCCCOc1ccc(-c2ccc(Br)cc2)cc1. The van der Waals surface area contributed by atoms with Gasteiger partial charge in [0, 0.05) is 4.47 Å². The van der Waals surface area contributed by atoms with Crippen LogP contribution >= 0.6 is 15.9 Å². The number of benzene rings is 2. The van der Waals surface area contributed by atoms with Crippen LogP contribution in [-0.2, 0) is 0 Å². The standard InChI is InChI=1S/C16H17BrO/c1-2-3-12-18-16-10-6-14(7-11-16)13-4-8-15(17)9-5-13/h4-11H,2-3,12H2,1H3. The first kappa shape index (κ1) is 13.2. The Morgan fingerprint density at radius 2 is 1.44 bits per heavy atom. The smallest absolute Gasteiger partial charge is 0.119 e. The van der Waals surface area contributed by atoms with E-state index >= 15 is 0 Å².